The molecule has 0 unspecified atom stereocenters. The van der Waals surface area contributed by atoms with Crippen molar-refractivity contribution < 1.29 is 23.5 Å². The summed E-state index contributed by atoms with van der Waals surface area (Å²) in [5, 5.41) is 8.77. The van der Waals surface area contributed by atoms with E-state index in [0.29, 0.717) is 28.4 Å². The second-order valence-electron chi connectivity index (χ2n) is 8.22. The standard InChI is InChI=1S/C29H24N2O5/c1-34-25-16-23(31-29(33)19-9-4-3-5-10-19)26(35-2)15-22(25)30-27(32)14-20-17-36-24-13-12-18-8-6-7-11-21(18)28(20)24/h3-13,15-17H,14H2,1-2H3,(H,30,32)(H,31,33). The van der Waals surface area contributed by atoms with Crippen molar-refractivity contribution in [2.45, 2.75) is 6.42 Å². The number of anilines is 2. The third kappa shape index (κ3) is 4.46. The molecule has 0 spiro atoms. The van der Waals surface area contributed by atoms with Gasteiger partial charge in [0.05, 0.1) is 38.3 Å². The third-order valence-corrected chi connectivity index (χ3v) is 5.97. The van der Waals surface area contributed by atoms with E-state index < -0.39 is 0 Å². The first-order valence-electron chi connectivity index (χ1n) is 11.4. The summed E-state index contributed by atoms with van der Waals surface area (Å²) in [6.07, 6.45) is 1.73. The smallest absolute Gasteiger partial charge is 0.255 e. The van der Waals surface area contributed by atoms with Gasteiger partial charge in [-0.15, -0.1) is 0 Å². The summed E-state index contributed by atoms with van der Waals surface area (Å²) >= 11 is 0. The van der Waals surface area contributed by atoms with Crippen molar-refractivity contribution in [1.82, 2.24) is 0 Å². The number of amides is 2. The van der Waals surface area contributed by atoms with Crippen LogP contribution < -0.4 is 20.1 Å². The van der Waals surface area contributed by atoms with Crippen LogP contribution >= 0.6 is 0 Å². The number of nitrogens with one attached hydrogen (secondary N) is 2. The third-order valence-electron chi connectivity index (χ3n) is 5.97. The van der Waals surface area contributed by atoms with E-state index in [4.69, 9.17) is 13.9 Å². The molecule has 0 saturated carbocycles. The number of methoxy groups -OCH3 is 2. The highest BCUT2D eigenvalue weighted by atomic mass is 16.5. The average Bonchev–Trinajstić information content (AvgIpc) is 3.32. The van der Waals surface area contributed by atoms with Gasteiger partial charge in [0, 0.05) is 28.6 Å². The molecule has 7 heteroatoms. The number of carbonyl (C=O) groups is 2. The zero-order valence-corrected chi connectivity index (χ0v) is 19.8. The SMILES string of the molecule is COc1cc(NC(=O)c2ccccc2)c(OC)cc1NC(=O)Cc1coc2ccc3ccccc3c12. The van der Waals surface area contributed by atoms with Gasteiger partial charge in [0.15, 0.2) is 0 Å². The predicted molar refractivity (Wildman–Crippen MR) is 140 cm³/mol. The van der Waals surface area contributed by atoms with E-state index in [-0.39, 0.29) is 18.2 Å². The van der Waals surface area contributed by atoms with Crippen molar-refractivity contribution in [1.29, 1.82) is 0 Å². The molecule has 0 aliphatic heterocycles. The normalized spacial score (nSPS) is 10.8. The van der Waals surface area contributed by atoms with Crippen LogP contribution in [-0.2, 0) is 11.2 Å². The number of ether oxygens (including phenoxy) is 2. The van der Waals surface area contributed by atoms with Crippen molar-refractivity contribution in [2.75, 3.05) is 24.9 Å². The zero-order chi connectivity index (χ0) is 25.1. The lowest BCUT2D eigenvalue weighted by molar-refractivity contribution is -0.115. The topological polar surface area (TPSA) is 89.8 Å². The molecule has 4 aromatic carbocycles. The molecule has 5 rings (SSSR count). The summed E-state index contributed by atoms with van der Waals surface area (Å²) in [6, 6.07) is 24.0. The highest BCUT2D eigenvalue weighted by Gasteiger charge is 2.18. The number of hydrogen-bond donors (Lipinski definition) is 2. The summed E-state index contributed by atoms with van der Waals surface area (Å²) in [4.78, 5) is 25.7. The molecule has 2 N–H and O–H groups in total. The van der Waals surface area contributed by atoms with Crippen molar-refractivity contribution in [3.63, 3.8) is 0 Å². The monoisotopic (exact) mass is 480 g/mol. The molecule has 7 nitrogen and oxygen atoms in total. The Hall–Kier alpha value is -4.78. The van der Waals surface area contributed by atoms with Crippen LogP contribution in [-0.4, -0.2) is 26.0 Å². The Morgan fingerprint density at radius 1 is 0.806 bits per heavy atom. The van der Waals surface area contributed by atoms with Crippen LogP contribution in [0, 0.1) is 0 Å². The fraction of sp³-hybridized carbons (Fsp3) is 0.103. The molecule has 2 amide bonds. The minimum atomic E-state index is -0.285. The molecule has 0 bridgehead atoms. The molecule has 0 radical (unpaired) electrons. The second kappa shape index (κ2) is 9.84. The van der Waals surface area contributed by atoms with E-state index in [9.17, 15) is 9.59 Å². The lowest BCUT2D eigenvalue weighted by Crippen LogP contribution is -2.16. The summed E-state index contributed by atoms with van der Waals surface area (Å²) in [5.41, 5.74) is 2.88. The van der Waals surface area contributed by atoms with Crippen LogP contribution in [0.2, 0.25) is 0 Å². The molecular weight excluding hydrogens is 456 g/mol. The number of benzene rings is 4. The molecule has 0 saturated heterocycles. The number of fused-ring (bicyclic) bond motifs is 3. The summed E-state index contributed by atoms with van der Waals surface area (Å²) < 4.78 is 16.7. The Morgan fingerprint density at radius 3 is 2.19 bits per heavy atom. The lowest BCUT2D eigenvalue weighted by Gasteiger charge is -2.16. The molecule has 0 atom stereocenters. The quantitative estimate of drug-likeness (QED) is 0.297. The predicted octanol–water partition coefficient (Wildman–Crippen LogP) is 6.04. The van der Waals surface area contributed by atoms with E-state index >= 15 is 0 Å². The van der Waals surface area contributed by atoms with Crippen LogP contribution in [0.15, 0.2) is 89.5 Å². The maximum atomic E-state index is 13.1. The largest absolute Gasteiger partial charge is 0.494 e. The van der Waals surface area contributed by atoms with E-state index in [1.165, 1.54) is 14.2 Å². The summed E-state index contributed by atoms with van der Waals surface area (Å²) in [5.74, 6) is 0.240. The molecule has 5 aromatic rings. The van der Waals surface area contributed by atoms with Crippen LogP contribution in [0.4, 0.5) is 11.4 Å². The summed E-state index contributed by atoms with van der Waals surface area (Å²) in [7, 11) is 2.99. The lowest BCUT2D eigenvalue weighted by atomic mass is 10.0. The van der Waals surface area contributed by atoms with Crippen molar-refractivity contribution in [3.8, 4) is 11.5 Å². The Balaban J connectivity index is 1.40. The van der Waals surface area contributed by atoms with Gasteiger partial charge in [0.2, 0.25) is 5.91 Å². The molecular formula is C29H24N2O5. The van der Waals surface area contributed by atoms with E-state index in [1.54, 1.807) is 42.7 Å². The Bertz CT molecular complexity index is 1570. The second-order valence-corrected chi connectivity index (χ2v) is 8.22. The Labute approximate surface area is 207 Å². The number of hydrogen-bond acceptors (Lipinski definition) is 5. The Morgan fingerprint density at radius 2 is 1.47 bits per heavy atom. The average molecular weight is 481 g/mol. The van der Waals surface area contributed by atoms with Crippen molar-refractivity contribution in [2.24, 2.45) is 0 Å². The number of rotatable bonds is 7. The first-order valence-corrected chi connectivity index (χ1v) is 11.4. The van der Waals surface area contributed by atoms with Gasteiger partial charge in [-0.05, 0) is 29.0 Å². The van der Waals surface area contributed by atoms with E-state index in [1.807, 2.05) is 42.5 Å². The van der Waals surface area contributed by atoms with Crippen LogP contribution in [0.1, 0.15) is 15.9 Å². The zero-order valence-electron chi connectivity index (χ0n) is 19.8. The molecule has 0 fully saturated rings. The minimum Gasteiger partial charge on any atom is -0.494 e. The maximum Gasteiger partial charge on any atom is 0.255 e. The highest BCUT2D eigenvalue weighted by Crippen LogP contribution is 2.37. The van der Waals surface area contributed by atoms with Crippen molar-refractivity contribution in [3.05, 3.63) is 96.3 Å². The molecule has 0 aliphatic rings. The minimum absolute atomic E-state index is 0.110. The van der Waals surface area contributed by atoms with Gasteiger partial charge in [-0.25, -0.2) is 0 Å². The molecule has 180 valence electrons. The van der Waals surface area contributed by atoms with Gasteiger partial charge in [-0.3, -0.25) is 9.59 Å². The van der Waals surface area contributed by atoms with Crippen molar-refractivity contribution >= 4 is 44.9 Å². The maximum absolute atomic E-state index is 13.1. The first kappa shape index (κ1) is 23.0. The molecule has 1 aromatic heterocycles. The molecule has 0 aliphatic carbocycles. The highest BCUT2D eigenvalue weighted by molar-refractivity contribution is 6.09. The number of furan rings is 1. The van der Waals surface area contributed by atoms with Gasteiger partial charge in [0.1, 0.15) is 17.1 Å². The van der Waals surface area contributed by atoms with Gasteiger partial charge in [-0.2, -0.15) is 0 Å². The number of carbonyl (C=O) groups excluding carboxylic acids is 2. The Kier molecular flexibility index (Phi) is 6.28. The van der Waals surface area contributed by atoms with Gasteiger partial charge in [-0.1, -0.05) is 48.5 Å². The van der Waals surface area contributed by atoms with Crippen LogP contribution in [0.5, 0.6) is 11.5 Å². The van der Waals surface area contributed by atoms with E-state index in [2.05, 4.69) is 10.6 Å². The fourth-order valence-electron chi connectivity index (χ4n) is 4.25. The molecule has 1 heterocycles. The van der Waals surface area contributed by atoms with Gasteiger partial charge >= 0.3 is 0 Å². The van der Waals surface area contributed by atoms with Crippen LogP contribution in [0.3, 0.4) is 0 Å². The first-order chi connectivity index (χ1) is 17.6. The fourth-order valence-corrected chi connectivity index (χ4v) is 4.25. The van der Waals surface area contributed by atoms with Gasteiger partial charge in [0.25, 0.3) is 5.91 Å². The summed E-state index contributed by atoms with van der Waals surface area (Å²) in [6.45, 7) is 0. The van der Waals surface area contributed by atoms with Crippen LogP contribution in [0.25, 0.3) is 21.7 Å². The van der Waals surface area contributed by atoms with Gasteiger partial charge < -0.3 is 24.5 Å². The molecule has 36 heavy (non-hydrogen) atoms. The van der Waals surface area contributed by atoms with E-state index in [0.717, 1.165) is 27.3 Å².